The van der Waals surface area contributed by atoms with Crippen LogP contribution in [0.5, 0.6) is 0 Å². The van der Waals surface area contributed by atoms with E-state index in [0.717, 1.165) is 12.8 Å². The quantitative estimate of drug-likeness (QED) is 0.813. The van der Waals surface area contributed by atoms with E-state index in [1.165, 1.54) is 18.2 Å². The minimum Gasteiger partial charge on any atom is -0.299 e. The molecule has 1 unspecified atom stereocenters. The van der Waals surface area contributed by atoms with Crippen molar-refractivity contribution in [3.63, 3.8) is 0 Å². The van der Waals surface area contributed by atoms with Gasteiger partial charge in [-0.2, -0.15) is 8.42 Å². The largest absolute Gasteiger partial charge is 0.299 e. The van der Waals surface area contributed by atoms with Gasteiger partial charge in [-0.1, -0.05) is 18.2 Å². The van der Waals surface area contributed by atoms with E-state index in [-0.39, 0.29) is 23.7 Å². The highest BCUT2D eigenvalue weighted by molar-refractivity contribution is 7.85. The van der Waals surface area contributed by atoms with E-state index in [2.05, 4.69) is 0 Å². The van der Waals surface area contributed by atoms with Gasteiger partial charge in [0.05, 0.1) is 5.75 Å². The first kappa shape index (κ1) is 14.1. The summed E-state index contributed by atoms with van der Waals surface area (Å²) in [6, 6.07) is 5.74. The topological polar surface area (TPSA) is 71.4 Å². The zero-order chi connectivity index (χ0) is 14.0. The van der Waals surface area contributed by atoms with Crippen molar-refractivity contribution >= 4 is 15.9 Å². The van der Waals surface area contributed by atoms with E-state index in [4.69, 9.17) is 4.55 Å². The van der Waals surface area contributed by atoms with Gasteiger partial charge in [-0.05, 0) is 24.5 Å². The number of hydrogen-bond acceptors (Lipinski definition) is 3. The van der Waals surface area contributed by atoms with Crippen LogP contribution in [-0.4, -0.2) is 24.5 Å². The van der Waals surface area contributed by atoms with Crippen LogP contribution in [-0.2, 0) is 14.9 Å². The van der Waals surface area contributed by atoms with Crippen LogP contribution >= 0.6 is 0 Å². The summed E-state index contributed by atoms with van der Waals surface area (Å²) in [4.78, 5) is 11.8. The lowest BCUT2D eigenvalue weighted by Gasteiger charge is -2.15. The molecule has 6 heteroatoms. The van der Waals surface area contributed by atoms with Crippen LogP contribution in [0.4, 0.5) is 4.39 Å². The average Bonchev–Trinajstić information content (AvgIpc) is 3.10. The van der Waals surface area contributed by atoms with Gasteiger partial charge in [0.2, 0.25) is 0 Å². The molecule has 4 nitrogen and oxygen atoms in total. The first-order valence-corrected chi connectivity index (χ1v) is 7.70. The van der Waals surface area contributed by atoms with Gasteiger partial charge < -0.3 is 0 Å². The first-order valence-electron chi connectivity index (χ1n) is 6.09. The third kappa shape index (κ3) is 4.11. The van der Waals surface area contributed by atoms with Crippen molar-refractivity contribution in [3.8, 4) is 0 Å². The van der Waals surface area contributed by atoms with Gasteiger partial charge in [0.15, 0.2) is 0 Å². The maximum Gasteiger partial charge on any atom is 0.265 e. The van der Waals surface area contributed by atoms with Crippen molar-refractivity contribution in [2.75, 3.05) is 5.75 Å². The summed E-state index contributed by atoms with van der Waals surface area (Å²) in [6.45, 7) is 0. The number of carbonyl (C=O) groups excluding carboxylic acids is 1. The molecule has 0 saturated heterocycles. The third-order valence-corrected chi connectivity index (χ3v) is 4.06. The average molecular weight is 286 g/mol. The minimum absolute atomic E-state index is 0.0179. The Labute approximate surface area is 111 Å². The molecule has 2 rings (SSSR count). The molecule has 0 aliphatic heterocycles. The summed E-state index contributed by atoms with van der Waals surface area (Å²) in [5.41, 5.74) is 0.161. The molecule has 0 radical (unpaired) electrons. The number of rotatable bonds is 6. The number of ketones is 1. The third-order valence-electron chi connectivity index (χ3n) is 3.24. The van der Waals surface area contributed by atoms with Crippen LogP contribution in [0.1, 0.15) is 30.7 Å². The molecule has 1 atom stereocenters. The highest BCUT2D eigenvalue weighted by Crippen LogP contribution is 2.34. The van der Waals surface area contributed by atoms with E-state index < -0.39 is 27.6 Å². The molecule has 0 amide bonds. The minimum atomic E-state index is -4.26. The second-order valence-corrected chi connectivity index (χ2v) is 6.41. The van der Waals surface area contributed by atoms with Gasteiger partial charge in [-0.15, -0.1) is 0 Å². The van der Waals surface area contributed by atoms with E-state index in [1.54, 1.807) is 6.07 Å². The second-order valence-electron chi connectivity index (χ2n) is 4.91. The van der Waals surface area contributed by atoms with Crippen molar-refractivity contribution in [3.05, 3.63) is 35.6 Å². The van der Waals surface area contributed by atoms with Gasteiger partial charge in [-0.3, -0.25) is 9.35 Å². The lowest BCUT2D eigenvalue weighted by atomic mass is 9.93. The van der Waals surface area contributed by atoms with Crippen molar-refractivity contribution in [1.29, 1.82) is 0 Å². The smallest absolute Gasteiger partial charge is 0.265 e. The molecule has 0 aromatic heterocycles. The Hall–Kier alpha value is -1.27. The molecule has 1 aromatic rings. The summed E-state index contributed by atoms with van der Waals surface area (Å²) in [5.74, 6) is -2.09. The predicted octanol–water partition coefficient (Wildman–Crippen LogP) is 2.17. The van der Waals surface area contributed by atoms with E-state index in [9.17, 15) is 17.6 Å². The van der Waals surface area contributed by atoms with Crippen LogP contribution in [0.15, 0.2) is 24.3 Å². The molecule has 1 aliphatic rings. The van der Waals surface area contributed by atoms with Gasteiger partial charge in [0, 0.05) is 18.3 Å². The highest BCUT2D eigenvalue weighted by atomic mass is 32.2. The normalized spacial score (nSPS) is 17.2. The summed E-state index contributed by atoms with van der Waals surface area (Å²) in [5, 5.41) is 0. The Balaban J connectivity index is 2.22. The Bertz CT molecular complexity index is 578. The van der Waals surface area contributed by atoms with E-state index in [0.29, 0.717) is 0 Å². The van der Waals surface area contributed by atoms with E-state index in [1.807, 2.05) is 0 Å². The Morgan fingerprint density at radius 3 is 2.53 bits per heavy atom. The number of carbonyl (C=O) groups is 1. The van der Waals surface area contributed by atoms with Crippen molar-refractivity contribution in [2.24, 2.45) is 5.92 Å². The number of Topliss-reactive ketones (excluding diaryl/α,β-unsaturated/α-hetero) is 1. The molecule has 0 heterocycles. The Morgan fingerprint density at radius 1 is 1.37 bits per heavy atom. The van der Waals surface area contributed by atoms with E-state index >= 15 is 0 Å². The standard InChI is InChI=1S/C13H15FO4S/c14-12-4-2-1-3-11(12)10(8-19(16,17)18)7-13(15)9-5-6-9/h1-4,9-10H,5-8H2,(H,16,17,18). The molecule has 0 spiro atoms. The monoisotopic (exact) mass is 286 g/mol. The first-order chi connectivity index (χ1) is 8.87. The van der Waals surface area contributed by atoms with Crippen molar-refractivity contribution in [1.82, 2.24) is 0 Å². The number of hydrogen-bond donors (Lipinski definition) is 1. The van der Waals surface area contributed by atoms with Crippen LogP contribution in [0.2, 0.25) is 0 Å². The molecular weight excluding hydrogens is 271 g/mol. The van der Waals surface area contributed by atoms with Crippen LogP contribution in [0, 0.1) is 11.7 Å². The molecule has 1 saturated carbocycles. The highest BCUT2D eigenvalue weighted by Gasteiger charge is 2.33. The lowest BCUT2D eigenvalue weighted by molar-refractivity contribution is -0.120. The summed E-state index contributed by atoms with van der Waals surface area (Å²) in [6.07, 6.45) is 1.58. The number of halogens is 1. The van der Waals surface area contributed by atoms with Gasteiger partial charge in [-0.25, -0.2) is 4.39 Å². The van der Waals surface area contributed by atoms with Crippen molar-refractivity contribution in [2.45, 2.75) is 25.2 Å². The van der Waals surface area contributed by atoms with Crippen LogP contribution < -0.4 is 0 Å². The predicted molar refractivity (Wildman–Crippen MR) is 67.9 cm³/mol. The molecule has 0 bridgehead atoms. The van der Waals surface area contributed by atoms with Gasteiger partial charge >= 0.3 is 0 Å². The van der Waals surface area contributed by atoms with Crippen molar-refractivity contribution < 1.29 is 22.2 Å². The summed E-state index contributed by atoms with van der Waals surface area (Å²) >= 11 is 0. The second kappa shape index (κ2) is 5.38. The molecular formula is C13H15FO4S. The van der Waals surface area contributed by atoms with Gasteiger partial charge in [0.1, 0.15) is 11.6 Å². The summed E-state index contributed by atoms with van der Waals surface area (Å²) < 4.78 is 44.7. The fraction of sp³-hybridized carbons (Fsp3) is 0.462. The molecule has 19 heavy (non-hydrogen) atoms. The molecule has 1 aliphatic carbocycles. The lowest BCUT2D eigenvalue weighted by Crippen LogP contribution is -2.19. The fourth-order valence-corrected chi connectivity index (χ4v) is 2.94. The molecule has 1 fully saturated rings. The zero-order valence-corrected chi connectivity index (χ0v) is 11.1. The summed E-state index contributed by atoms with van der Waals surface area (Å²) in [7, 11) is -4.26. The Morgan fingerprint density at radius 2 is 2.00 bits per heavy atom. The SMILES string of the molecule is O=C(CC(CS(=O)(=O)O)c1ccccc1F)C1CC1. The fourth-order valence-electron chi connectivity index (χ4n) is 2.13. The number of benzene rings is 1. The maximum absolute atomic E-state index is 13.7. The van der Waals surface area contributed by atoms with Crippen LogP contribution in [0.3, 0.4) is 0 Å². The molecule has 104 valence electrons. The zero-order valence-electron chi connectivity index (χ0n) is 10.3. The van der Waals surface area contributed by atoms with Gasteiger partial charge in [0.25, 0.3) is 10.1 Å². The maximum atomic E-state index is 13.7. The van der Waals surface area contributed by atoms with Crippen LogP contribution in [0.25, 0.3) is 0 Å². The Kier molecular flexibility index (Phi) is 4.01. The molecule has 1 N–H and O–H groups in total. The molecule has 1 aromatic carbocycles.